The number of benzene rings is 8. The van der Waals surface area contributed by atoms with Crippen LogP contribution in [0.3, 0.4) is 0 Å². The number of anilines is 3. The zero-order valence-corrected chi connectivity index (χ0v) is 30.5. The second-order valence-corrected chi connectivity index (χ2v) is 15.0. The fraction of sp³-hybridized carbons (Fsp3) is 0.115. The van der Waals surface area contributed by atoms with E-state index in [9.17, 15) is 0 Å². The van der Waals surface area contributed by atoms with Crippen molar-refractivity contribution in [3.63, 3.8) is 0 Å². The Bertz CT molecular complexity index is 3030. The van der Waals surface area contributed by atoms with Crippen LogP contribution >= 0.6 is 0 Å². The molecule has 11 rings (SSSR count). The normalized spacial score (nSPS) is 13.7. The van der Waals surface area contributed by atoms with E-state index in [0.717, 1.165) is 72.1 Å². The molecule has 1 aliphatic carbocycles. The first kappa shape index (κ1) is 31.9. The van der Waals surface area contributed by atoms with Gasteiger partial charge in [0, 0.05) is 33.0 Å². The second kappa shape index (κ2) is 13.1. The number of rotatable bonds is 6. The molecule has 0 N–H and O–H groups in total. The summed E-state index contributed by atoms with van der Waals surface area (Å²) in [4.78, 5) is 2.44. The van der Waals surface area contributed by atoms with Crippen LogP contribution in [0.2, 0.25) is 0 Å². The maximum atomic E-state index is 6.48. The molecule has 1 aliphatic rings. The number of hydrogen-bond acceptors (Lipinski definition) is 3. The Morgan fingerprint density at radius 2 is 1.04 bits per heavy atom. The monoisotopic (exact) mass is 709 g/mol. The van der Waals surface area contributed by atoms with E-state index >= 15 is 0 Å². The smallest absolute Gasteiger partial charge is 0.143 e. The third-order valence-electron chi connectivity index (χ3n) is 11.9. The topological polar surface area (TPSA) is 29.5 Å². The SMILES string of the molecule is c1ccc(N(c2ccc(-c3cccc4c3oc3ccccc34)cc2)c2cccc3oc4ccccc4c23)c(-c2cccc3cccc(C4CCCCC4)c23)c1. The van der Waals surface area contributed by atoms with E-state index in [4.69, 9.17) is 8.83 Å². The zero-order chi connectivity index (χ0) is 36.3. The Morgan fingerprint density at radius 3 is 1.89 bits per heavy atom. The molecule has 1 fully saturated rings. The fourth-order valence-electron chi connectivity index (χ4n) is 9.36. The third kappa shape index (κ3) is 5.26. The van der Waals surface area contributed by atoms with Crippen molar-refractivity contribution in [3.05, 3.63) is 175 Å². The number of hydrogen-bond donors (Lipinski definition) is 0. The molecule has 2 heterocycles. The fourth-order valence-corrected chi connectivity index (χ4v) is 9.36. The summed E-state index contributed by atoms with van der Waals surface area (Å²) < 4.78 is 12.9. The Labute approximate surface area is 320 Å². The van der Waals surface area contributed by atoms with Gasteiger partial charge in [0.2, 0.25) is 0 Å². The Hall–Kier alpha value is -6.58. The van der Waals surface area contributed by atoms with Gasteiger partial charge >= 0.3 is 0 Å². The highest BCUT2D eigenvalue weighted by molar-refractivity contribution is 6.15. The maximum absolute atomic E-state index is 6.48. The molecule has 55 heavy (non-hydrogen) atoms. The first-order chi connectivity index (χ1) is 27.3. The van der Waals surface area contributed by atoms with E-state index in [1.165, 1.54) is 59.6 Å². The number of para-hydroxylation sites is 4. The van der Waals surface area contributed by atoms with Crippen LogP contribution in [0.1, 0.15) is 43.6 Å². The largest absolute Gasteiger partial charge is 0.456 e. The van der Waals surface area contributed by atoms with Gasteiger partial charge in [-0.1, -0.05) is 147 Å². The Morgan fingerprint density at radius 1 is 0.418 bits per heavy atom. The average Bonchev–Trinajstić information content (AvgIpc) is 3.83. The molecule has 0 spiro atoms. The molecule has 0 bridgehead atoms. The summed E-state index contributed by atoms with van der Waals surface area (Å²) in [6.07, 6.45) is 6.45. The van der Waals surface area contributed by atoms with Crippen LogP contribution in [0.15, 0.2) is 179 Å². The minimum absolute atomic E-state index is 0.580. The maximum Gasteiger partial charge on any atom is 0.143 e. The van der Waals surface area contributed by atoms with Crippen molar-refractivity contribution in [2.24, 2.45) is 0 Å². The molecule has 2 aromatic heterocycles. The van der Waals surface area contributed by atoms with Gasteiger partial charge in [0.25, 0.3) is 0 Å². The summed E-state index contributed by atoms with van der Waals surface area (Å²) in [5.74, 6) is 0.580. The minimum atomic E-state index is 0.580. The van der Waals surface area contributed by atoms with Gasteiger partial charge in [0.15, 0.2) is 0 Å². The number of furan rings is 2. The van der Waals surface area contributed by atoms with Gasteiger partial charge in [-0.25, -0.2) is 0 Å². The van der Waals surface area contributed by atoms with Gasteiger partial charge in [0.1, 0.15) is 22.3 Å². The van der Waals surface area contributed by atoms with Crippen LogP contribution < -0.4 is 4.90 Å². The van der Waals surface area contributed by atoms with Crippen molar-refractivity contribution in [3.8, 4) is 22.3 Å². The summed E-state index contributed by atoms with van der Waals surface area (Å²) in [5.41, 5.74) is 13.0. The van der Waals surface area contributed by atoms with E-state index in [0.29, 0.717) is 5.92 Å². The number of fused-ring (bicyclic) bond motifs is 7. The summed E-state index contributed by atoms with van der Waals surface area (Å²) in [5, 5.41) is 7.16. The highest BCUT2D eigenvalue weighted by Crippen LogP contribution is 2.48. The van der Waals surface area contributed by atoms with E-state index in [-0.39, 0.29) is 0 Å². The molecular formula is C52H39NO2. The summed E-state index contributed by atoms with van der Waals surface area (Å²) >= 11 is 0. The molecule has 10 aromatic rings. The number of nitrogens with zero attached hydrogens (tertiary/aromatic N) is 1. The van der Waals surface area contributed by atoms with Crippen molar-refractivity contribution in [1.29, 1.82) is 0 Å². The summed E-state index contributed by atoms with van der Waals surface area (Å²) in [6, 6.07) is 61.2. The Balaban J connectivity index is 1.13. The lowest BCUT2D eigenvalue weighted by Gasteiger charge is -2.29. The van der Waals surface area contributed by atoms with E-state index in [2.05, 4.69) is 157 Å². The van der Waals surface area contributed by atoms with Gasteiger partial charge < -0.3 is 13.7 Å². The lowest BCUT2D eigenvalue weighted by Crippen LogP contribution is -2.12. The van der Waals surface area contributed by atoms with Crippen LogP contribution in [-0.4, -0.2) is 0 Å². The van der Waals surface area contributed by atoms with Crippen LogP contribution in [0.5, 0.6) is 0 Å². The molecule has 0 aliphatic heterocycles. The summed E-state index contributed by atoms with van der Waals surface area (Å²) in [6.45, 7) is 0. The van der Waals surface area contributed by atoms with Gasteiger partial charge in [-0.3, -0.25) is 0 Å². The molecule has 3 nitrogen and oxygen atoms in total. The van der Waals surface area contributed by atoms with Crippen LogP contribution in [0.4, 0.5) is 17.1 Å². The minimum Gasteiger partial charge on any atom is -0.456 e. The standard InChI is InChI=1S/C52H39NO2/c1-2-14-34(15-3-1)38-21-10-16-36-17-11-23-42(50(36)38)40-18-4-7-25-45(40)53(46-26-13-29-49-51(46)44-20-6-9-28-48(44)54-49)37-32-30-35(31-33-37)39-22-12-24-43-41-19-5-8-27-47(41)55-52(39)43/h4-13,16-34H,1-3,14-15H2. The molecule has 0 unspecified atom stereocenters. The van der Waals surface area contributed by atoms with Crippen molar-refractivity contribution in [2.45, 2.75) is 38.0 Å². The lowest BCUT2D eigenvalue weighted by molar-refractivity contribution is 0.445. The first-order valence-corrected chi connectivity index (χ1v) is 19.6. The van der Waals surface area contributed by atoms with Crippen molar-refractivity contribution >= 4 is 71.7 Å². The van der Waals surface area contributed by atoms with E-state index < -0.39 is 0 Å². The van der Waals surface area contributed by atoms with Crippen LogP contribution in [0.25, 0.3) is 76.9 Å². The van der Waals surface area contributed by atoms with Crippen molar-refractivity contribution < 1.29 is 8.83 Å². The molecule has 0 saturated heterocycles. The van der Waals surface area contributed by atoms with Gasteiger partial charge in [-0.05, 0) is 88.7 Å². The predicted molar refractivity (Wildman–Crippen MR) is 230 cm³/mol. The second-order valence-electron chi connectivity index (χ2n) is 15.0. The lowest BCUT2D eigenvalue weighted by atomic mass is 9.80. The molecular weight excluding hydrogens is 671 g/mol. The predicted octanol–water partition coefficient (Wildman–Crippen LogP) is 15.5. The summed E-state index contributed by atoms with van der Waals surface area (Å²) in [7, 11) is 0. The average molecular weight is 710 g/mol. The highest BCUT2D eigenvalue weighted by Gasteiger charge is 2.25. The van der Waals surface area contributed by atoms with Crippen molar-refractivity contribution in [1.82, 2.24) is 0 Å². The third-order valence-corrected chi connectivity index (χ3v) is 11.9. The molecule has 3 heteroatoms. The molecule has 0 radical (unpaired) electrons. The molecule has 0 amide bonds. The van der Waals surface area contributed by atoms with Gasteiger partial charge in [-0.2, -0.15) is 0 Å². The highest BCUT2D eigenvalue weighted by atomic mass is 16.3. The van der Waals surface area contributed by atoms with Crippen molar-refractivity contribution in [2.75, 3.05) is 4.90 Å². The zero-order valence-electron chi connectivity index (χ0n) is 30.5. The quantitative estimate of drug-likeness (QED) is 0.172. The van der Waals surface area contributed by atoms with Gasteiger partial charge in [-0.15, -0.1) is 0 Å². The van der Waals surface area contributed by atoms with Crippen LogP contribution in [-0.2, 0) is 0 Å². The van der Waals surface area contributed by atoms with Crippen LogP contribution in [0, 0.1) is 0 Å². The molecule has 0 atom stereocenters. The molecule has 264 valence electrons. The molecule has 1 saturated carbocycles. The van der Waals surface area contributed by atoms with Gasteiger partial charge in [0.05, 0.1) is 16.8 Å². The Kier molecular flexibility index (Phi) is 7.58. The van der Waals surface area contributed by atoms with E-state index in [1.807, 2.05) is 18.2 Å². The molecule has 8 aromatic carbocycles. The van der Waals surface area contributed by atoms with E-state index in [1.54, 1.807) is 0 Å². The first-order valence-electron chi connectivity index (χ1n) is 19.6.